The maximum atomic E-state index is 13.9. The second-order valence-electron chi connectivity index (χ2n) is 9.02. The summed E-state index contributed by atoms with van der Waals surface area (Å²) >= 11 is 1.14. The van der Waals surface area contributed by atoms with Crippen molar-refractivity contribution < 1.29 is 30.4 Å². The van der Waals surface area contributed by atoms with Gasteiger partial charge < -0.3 is 9.15 Å². The van der Waals surface area contributed by atoms with Crippen molar-refractivity contribution in [1.82, 2.24) is 25.4 Å². The number of hydrogen-bond acceptors (Lipinski definition) is 11. The van der Waals surface area contributed by atoms with Crippen LogP contribution in [0.2, 0.25) is 0 Å². The summed E-state index contributed by atoms with van der Waals surface area (Å²) in [6.45, 7) is 0.281. The summed E-state index contributed by atoms with van der Waals surface area (Å²) < 4.78 is 72.6. The maximum Gasteiger partial charge on any atom is 0.249 e. The minimum Gasteiger partial charge on any atom is -0.421 e. The summed E-state index contributed by atoms with van der Waals surface area (Å²) in [5.41, 5.74) is 5.97. The first kappa shape index (κ1) is 28.9. The van der Waals surface area contributed by atoms with Crippen molar-refractivity contribution >= 4 is 42.3 Å². The Kier molecular flexibility index (Phi) is 8.26. The summed E-state index contributed by atoms with van der Waals surface area (Å²) in [6, 6.07) is 18.4. The number of benzene rings is 3. The highest BCUT2D eigenvalue weighted by Crippen LogP contribution is 2.46. The predicted molar refractivity (Wildman–Crippen MR) is 151 cm³/mol. The maximum absolute atomic E-state index is 13.9. The van der Waals surface area contributed by atoms with Gasteiger partial charge in [-0.2, -0.15) is 4.83 Å². The number of ether oxygens (including phenoxy) is 1. The number of thiol groups is 1. The zero-order valence-electron chi connectivity index (χ0n) is 21.7. The van der Waals surface area contributed by atoms with Crippen LogP contribution in [0, 0.1) is 5.82 Å². The van der Waals surface area contributed by atoms with Crippen LogP contribution < -0.4 is 10.3 Å². The molecular formula is C26H24FN5O6S3. The molecule has 0 bridgehead atoms. The number of methoxy groups -OCH3 is 1. The highest BCUT2D eigenvalue weighted by atomic mass is 32.2. The summed E-state index contributed by atoms with van der Waals surface area (Å²) in [5.74, 6) is -0.961. The van der Waals surface area contributed by atoms with Gasteiger partial charge in [-0.3, -0.25) is 0 Å². The minimum absolute atomic E-state index is 0.0835. The van der Waals surface area contributed by atoms with Crippen LogP contribution in [0.4, 0.5) is 4.39 Å². The molecule has 0 amide bonds. The Labute approximate surface area is 240 Å². The van der Waals surface area contributed by atoms with Gasteiger partial charge in [0.1, 0.15) is 10.8 Å². The number of aromatic nitrogens is 3. The molecule has 2 aromatic heterocycles. The van der Waals surface area contributed by atoms with Crippen LogP contribution in [-0.2, 0) is 43.4 Å². The molecule has 11 nitrogen and oxygen atoms in total. The number of nitrogens with zero attached hydrogens (tertiary/aromatic N) is 3. The lowest BCUT2D eigenvalue weighted by atomic mass is 9.98. The van der Waals surface area contributed by atoms with Crippen molar-refractivity contribution in [2.75, 3.05) is 13.4 Å². The van der Waals surface area contributed by atoms with Gasteiger partial charge in [0.2, 0.25) is 27.4 Å². The topological polar surface area (TPSA) is 153 Å². The molecule has 0 aliphatic rings. The standard InChI is InChI=1S/C26H24FN5O6S3/c1-37-15-16-3-5-17(6-4-16)18-7-12-21-22(13-18)39-25(29-21)26(41(2,35)36,19-8-10-20(27)11-9-19)24-31-30-23(38-24)14-28-32-40(33)34/h3-13,28,40H,14-15H2,1-2H3,(H,32,33,34). The van der Waals surface area contributed by atoms with Gasteiger partial charge in [0.15, 0.2) is 9.84 Å². The molecule has 2 N–H and O–H groups in total. The lowest BCUT2D eigenvalue weighted by Crippen LogP contribution is -2.38. The Morgan fingerprint density at radius 1 is 1.02 bits per heavy atom. The van der Waals surface area contributed by atoms with Crippen LogP contribution >= 0.6 is 11.3 Å². The molecule has 214 valence electrons. The fourth-order valence-corrected chi connectivity index (χ4v) is 7.64. The third-order valence-corrected chi connectivity index (χ3v) is 9.60. The quantitative estimate of drug-likeness (QED) is 0.149. The van der Waals surface area contributed by atoms with E-state index in [1.165, 1.54) is 12.1 Å². The number of rotatable bonds is 11. The zero-order chi connectivity index (χ0) is 29.2. The van der Waals surface area contributed by atoms with E-state index in [2.05, 4.69) is 20.6 Å². The molecule has 5 rings (SSSR count). The highest BCUT2D eigenvalue weighted by molar-refractivity contribution is 7.92. The van der Waals surface area contributed by atoms with E-state index >= 15 is 0 Å². The predicted octanol–water partition coefficient (Wildman–Crippen LogP) is 3.09. The molecule has 41 heavy (non-hydrogen) atoms. The van der Waals surface area contributed by atoms with E-state index in [-0.39, 0.29) is 28.9 Å². The Bertz CT molecular complexity index is 1860. The summed E-state index contributed by atoms with van der Waals surface area (Å²) in [6.07, 6.45) is 1.02. The lowest BCUT2D eigenvalue weighted by Gasteiger charge is -2.26. The van der Waals surface area contributed by atoms with Gasteiger partial charge in [-0.1, -0.05) is 42.5 Å². The fraction of sp³-hybridized carbons (Fsp3) is 0.192. The Hall–Kier alpha value is -3.60. The zero-order valence-corrected chi connectivity index (χ0v) is 24.2. The van der Waals surface area contributed by atoms with Gasteiger partial charge in [-0.15, -0.1) is 21.5 Å². The van der Waals surface area contributed by atoms with E-state index in [4.69, 9.17) is 9.15 Å². The lowest BCUT2D eigenvalue weighted by molar-refractivity contribution is 0.185. The van der Waals surface area contributed by atoms with Gasteiger partial charge >= 0.3 is 0 Å². The SMILES string of the molecule is COCc1ccc(-c2ccc3nc(C(c4ccc(F)cc4)(c4nnc(CNN[SH](=O)=O)o4)S(C)(=O)=O)sc3c2)cc1. The van der Waals surface area contributed by atoms with Crippen LogP contribution in [0.1, 0.15) is 27.9 Å². The Balaban J connectivity index is 1.66. The average Bonchev–Trinajstić information content (AvgIpc) is 3.57. The first-order chi connectivity index (χ1) is 19.6. The summed E-state index contributed by atoms with van der Waals surface area (Å²) in [5, 5.41) is 8.06. The first-order valence-corrected chi connectivity index (χ1v) is 15.9. The van der Waals surface area contributed by atoms with E-state index in [0.29, 0.717) is 16.8 Å². The monoisotopic (exact) mass is 617 g/mol. The van der Waals surface area contributed by atoms with Gasteiger partial charge in [0.05, 0.1) is 23.4 Å². The molecule has 0 fully saturated rings. The van der Waals surface area contributed by atoms with Crippen LogP contribution in [0.15, 0.2) is 71.1 Å². The molecule has 5 aromatic rings. The van der Waals surface area contributed by atoms with Gasteiger partial charge in [0, 0.05) is 13.4 Å². The molecule has 0 radical (unpaired) electrons. The molecule has 0 spiro atoms. The molecular weight excluding hydrogens is 594 g/mol. The first-order valence-electron chi connectivity index (χ1n) is 12.0. The molecule has 1 atom stereocenters. The third kappa shape index (κ3) is 5.77. The number of halogens is 1. The molecule has 0 aliphatic heterocycles. The molecule has 0 saturated carbocycles. The molecule has 2 heterocycles. The van der Waals surface area contributed by atoms with E-state index in [1.807, 2.05) is 41.2 Å². The highest BCUT2D eigenvalue weighted by Gasteiger charge is 2.53. The average molecular weight is 618 g/mol. The molecule has 1 unspecified atom stereocenters. The fourth-order valence-electron chi connectivity index (χ4n) is 4.42. The van der Waals surface area contributed by atoms with Crippen molar-refractivity contribution in [3.63, 3.8) is 0 Å². The van der Waals surface area contributed by atoms with Gasteiger partial charge in [0.25, 0.3) is 0 Å². The van der Waals surface area contributed by atoms with Crippen LogP contribution in [-0.4, -0.2) is 45.4 Å². The molecule has 15 heteroatoms. The molecule has 3 aromatic carbocycles. The second kappa shape index (κ2) is 11.7. The van der Waals surface area contributed by atoms with Gasteiger partial charge in [-0.25, -0.2) is 31.6 Å². The van der Waals surface area contributed by atoms with E-state index in [0.717, 1.165) is 46.4 Å². The van der Waals surface area contributed by atoms with Gasteiger partial charge in [-0.05, 0) is 46.5 Å². The molecule has 0 saturated heterocycles. The molecule has 0 aliphatic carbocycles. The normalized spacial score (nSPS) is 13.6. The Morgan fingerprint density at radius 2 is 1.73 bits per heavy atom. The Morgan fingerprint density at radius 3 is 2.39 bits per heavy atom. The summed E-state index contributed by atoms with van der Waals surface area (Å²) in [4.78, 5) is 6.68. The van der Waals surface area contributed by atoms with Crippen LogP contribution in [0.25, 0.3) is 21.3 Å². The van der Waals surface area contributed by atoms with Crippen molar-refractivity contribution in [2.24, 2.45) is 0 Å². The number of thiazole rings is 1. The number of hydrogen-bond donors (Lipinski definition) is 3. The number of hydrazine groups is 1. The van der Waals surface area contributed by atoms with E-state index in [9.17, 15) is 21.2 Å². The van der Waals surface area contributed by atoms with E-state index in [1.54, 1.807) is 13.2 Å². The number of nitrogens with one attached hydrogen (secondary N) is 2. The van der Waals surface area contributed by atoms with E-state index < -0.39 is 31.3 Å². The van der Waals surface area contributed by atoms with Crippen molar-refractivity contribution in [3.05, 3.63) is 100 Å². The number of sulfone groups is 1. The number of fused-ring (bicyclic) bond motifs is 1. The minimum atomic E-state index is -4.15. The third-order valence-electron chi connectivity index (χ3n) is 6.27. The van der Waals surface area contributed by atoms with Crippen molar-refractivity contribution in [1.29, 1.82) is 0 Å². The largest absolute Gasteiger partial charge is 0.421 e. The second-order valence-corrected chi connectivity index (χ2v) is 12.9. The van der Waals surface area contributed by atoms with Crippen molar-refractivity contribution in [2.45, 2.75) is 17.9 Å². The van der Waals surface area contributed by atoms with Crippen LogP contribution in [0.3, 0.4) is 0 Å². The van der Waals surface area contributed by atoms with Crippen molar-refractivity contribution in [3.8, 4) is 11.1 Å². The summed E-state index contributed by atoms with van der Waals surface area (Å²) in [7, 11) is -5.46. The smallest absolute Gasteiger partial charge is 0.249 e. The van der Waals surface area contributed by atoms with Crippen LogP contribution in [0.5, 0.6) is 0 Å².